The molecule has 0 aromatic heterocycles. The second-order valence-electron chi connectivity index (χ2n) is 5.92. The molecule has 0 fully saturated rings. The lowest BCUT2D eigenvalue weighted by Gasteiger charge is -2.17. The first-order valence-corrected chi connectivity index (χ1v) is 7.41. The Morgan fingerprint density at radius 1 is 1.21 bits per heavy atom. The highest BCUT2D eigenvalue weighted by atomic mass is 14.9. The van der Waals surface area contributed by atoms with Gasteiger partial charge in [-0.1, -0.05) is 32.0 Å². The maximum absolute atomic E-state index is 9.06. The highest BCUT2D eigenvalue weighted by Crippen LogP contribution is 2.22. The highest BCUT2D eigenvalue weighted by molar-refractivity contribution is 5.33. The summed E-state index contributed by atoms with van der Waals surface area (Å²) in [5, 5.41) is 12.5. The first-order valence-electron chi connectivity index (χ1n) is 7.41. The number of rotatable bonds is 5. The summed E-state index contributed by atoms with van der Waals surface area (Å²) in [5.41, 5.74) is 4.42. The van der Waals surface area contributed by atoms with Crippen LogP contribution in [0, 0.1) is 23.2 Å². The normalized spacial score (nSPS) is 15.9. The molecule has 0 spiro atoms. The van der Waals surface area contributed by atoms with Gasteiger partial charge in [0.1, 0.15) is 0 Å². The molecule has 0 radical (unpaired) electrons. The van der Waals surface area contributed by atoms with Crippen LogP contribution in [0.2, 0.25) is 0 Å². The Morgan fingerprint density at radius 3 is 2.63 bits per heavy atom. The summed E-state index contributed by atoms with van der Waals surface area (Å²) in [6.45, 7) is 5.87. The van der Waals surface area contributed by atoms with Crippen LogP contribution in [0.25, 0.3) is 0 Å². The third-order valence-corrected chi connectivity index (χ3v) is 4.08. The largest absolute Gasteiger partial charge is 0.311 e. The Morgan fingerprint density at radius 2 is 1.95 bits per heavy atom. The lowest BCUT2D eigenvalue weighted by Crippen LogP contribution is -2.25. The van der Waals surface area contributed by atoms with Crippen LogP contribution in [0.3, 0.4) is 0 Å². The molecule has 1 aromatic rings. The van der Waals surface area contributed by atoms with Crippen molar-refractivity contribution in [3.05, 3.63) is 34.9 Å². The molecule has 102 valence electrons. The summed E-state index contributed by atoms with van der Waals surface area (Å²) in [7, 11) is 0. The maximum Gasteiger partial charge on any atom is 0.0671 e. The summed E-state index contributed by atoms with van der Waals surface area (Å²) >= 11 is 0. The molecule has 2 rings (SSSR count). The molecule has 1 atom stereocenters. The number of hydrogen-bond donors (Lipinski definition) is 1. The van der Waals surface area contributed by atoms with Crippen molar-refractivity contribution in [1.82, 2.24) is 5.32 Å². The Labute approximate surface area is 116 Å². The van der Waals surface area contributed by atoms with Crippen molar-refractivity contribution in [1.29, 1.82) is 5.26 Å². The van der Waals surface area contributed by atoms with E-state index in [0.29, 0.717) is 5.92 Å². The minimum atomic E-state index is 0.109. The average molecular weight is 256 g/mol. The van der Waals surface area contributed by atoms with Crippen LogP contribution in [0.5, 0.6) is 0 Å². The molecule has 0 bridgehead atoms. The molecular weight excluding hydrogens is 232 g/mol. The predicted molar refractivity (Wildman–Crippen MR) is 78.7 cm³/mol. The summed E-state index contributed by atoms with van der Waals surface area (Å²) in [6, 6.07) is 9.24. The fraction of sp³-hybridized carbons (Fsp3) is 0.588. The van der Waals surface area contributed by atoms with E-state index in [2.05, 4.69) is 43.4 Å². The molecule has 1 unspecified atom stereocenters. The van der Waals surface area contributed by atoms with Crippen LogP contribution < -0.4 is 5.32 Å². The number of nitriles is 1. The predicted octanol–water partition coefficient (Wildman–Crippen LogP) is 3.45. The van der Waals surface area contributed by atoms with Crippen LogP contribution in [0.15, 0.2) is 18.2 Å². The van der Waals surface area contributed by atoms with Gasteiger partial charge in [-0.15, -0.1) is 0 Å². The van der Waals surface area contributed by atoms with Crippen molar-refractivity contribution in [2.75, 3.05) is 6.54 Å². The molecule has 1 aromatic carbocycles. The van der Waals surface area contributed by atoms with E-state index in [1.165, 1.54) is 42.4 Å². The van der Waals surface area contributed by atoms with Crippen molar-refractivity contribution < 1.29 is 0 Å². The first-order chi connectivity index (χ1) is 9.20. The van der Waals surface area contributed by atoms with Crippen LogP contribution in [0.1, 0.15) is 43.4 Å². The summed E-state index contributed by atoms with van der Waals surface area (Å²) in [4.78, 5) is 0. The topological polar surface area (TPSA) is 35.8 Å². The molecule has 19 heavy (non-hydrogen) atoms. The van der Waals surface area contributed by atoms with Gasteiger partial charge in [0.05, 0.1) is 12.0 Å². The number of benzene rings is 1. The minimum Gasteiger partial charge on any atom is -0.311 e. The molecule has 0 saturated carbocycles. The van der Waals surface area contributed by atoms with Gasteiger partial charge in [0.25, 0.3) is 0 Å². The van der Waals surface area contributed by atoms with Gasteiger partial charge in [-0.3, -0.25) is 0 Å². The summed E-state index contributed by atoms with van der Waals surface area (Å²) in [6.07, 6.45) is 5.14. The van der Waals surface area contributed by atoms with E-state index in [9.17, 15) is 0 Å². The van der Waals surface area contributed by atoms with E-state index in [4.69, 9.17) is 5.26 Å². The Hall–Kier alpha value is -1.33. The van der Waals surface area contributed by atoms with E-state index in [-0.39, 0.29) is 5.92 Å². The number of nitrogens with one attached hydrogen (secondary N) is 1. The van der Waals surface area contributed by atoms with Gasteiger partial charge in [0, 0.05) is 13.1 Å². The van der Waals surface area contributed by atoms with E-state index in [0.717, 1.165) is 13.1 Å². The van der Waals surface area contributed by atoms with E-state index in [1.807, 2.05) is 0 Å². The summed E-state index contributed by atoms with van der Waals surface area (Å²) < 4.78 is 0. The molecular formula is C17H24N2. The van der Waals surface area contributed by atoms with Crippen LogP contribution in [-0.4, -0.2) is 6.54 Å². The Bertz CT molecular complexity index is 457. The molecule has 0 heterocycles. The third kappa shape index (κ3) is 3.81. The van der Waals surface area contributed by atoms with Crippen LogP contribution in [-0.2, 0) is 19.4 Å². The van der Waals surface area contributed by atoms with Gasteiger partial charge < -0.3 is 5.32 Å². The van der Waals surface area contributed by atoms with Gasteiger partial charge in [0.2, 0.25) is 0 Å². The molecule has 2 heteroatoms. The van der Waals surface area contributed by atoms with Gasteiger partial charge in [0.15, 0.2) is 0 Å². The van der Waals surface area contributed by atoms with Crippen LogP contribution in [0.4, 0.5) is 0 Å². The van der Waals surface area contributed by atoms with Crippen molar-refractivity contribution in [3.8, 4) is 6.07 Å². The van der Waals surface area contributed by atoms with Crippen molar-refractivity contribution in [3.63, 3.8) is 0 Å². The van der Waals surface area contributed by atoms with E-state index >= 15 is 0 Å². The van der Waals surface area contributed by atoms with Crippen LogP contribution >= 0.6 is 0 Å². The van der Waals surface area contributed by atoms with Gasteiger partial charge in [-0.25, -0.2) is 0 Å². The quantitative estimate of drug-likeness (QED) is 0.876. The lowest BCUT2D eigenvalue weighted by molar-refractivity contribution is 0.442. The number of hydrogen-bond acceptors (Lipinski definition) is 2. The zero-order valence-corrected chi connectivity index (χ0v) is 12.1. The highest BCUT2D eigenvalue weighted by Gasteiger charge is 2.12. The second kappa shape index (κ2) is 6.73. The average Bonchev–Trinajstić information content (AvgIpc) is 2.43. The number of nitrogens with zero attached hydrogens (tertiary/aromatic N) is 1. The zero-order valence-electron chi connectivity index (χ0n) is 12.1. The molecule has 1 N–H and O–H groups in total. The van der Waals surface area contributed by atoms with Crippen molar-refractivity contribution in [2.45, 2.75) is 46.1 Å². The Kier molecular flexibility index (Phi) is 4.99. The molecule has 1 aliphatic carbocycles. The molecule has 2 nitrogen and oxygen atoms in total. The van der Waals surface area contributed by atoms with Crippen molar-refractivity contribution in [2.24, 2.45) is 11.8 Å². The van der Waals surface area contributed by atoms with Gasteiger partial charge in [-0.2, -0.15) is 5.26 Å². The van der Waals surface area contributed by atoms with Gasteiger partial charge >= 0.3 is 0 Å². The lowest BCUT2D eigenvalue weighted by atomic mass is 9.90. The number of fused-ring (bicyclic) bond motifs is 1. The summed E-state index contributed by atoms with van der Waals surface area (Å²) in [5.74, 6) is 0.527. The standard InChI is InChI=1S/C17H24N2/c1-13(2)17(10-18)12-19-11-14-7-8-15-5-3-4-6-16(15)9-14/h7-9,13,17,19H,3-6,11-12H2,1-2H3. The number of aryl methyl sites for hydroxylation is 2. The van der Waals surface area contributed by atoms with E-state index in [1.54, 1.807) is 0 Å². The van der Waals surface area contributed by atoms with E-state index < -0.39 is 0 Å². The molecule has 0 amide bonds. The molecule has 1 aliphatic rings. The molecule has 0 saturated heterocycles. The van der Waals surface area contributed by atoms with Crippen molar-refractivity contribution >= 4 is 0 Å². The fourth-order valence-corrected chi connectivity index (χ4v) is 2.70. The zero-order chi connectivity index (χ0) is 13.7. The SMILES string of the molecule is CC(C)C(C#N)CNCc1ccc2c(c1)CCCC2. The first kappa shape index (κ1) is 14.1. The fourth-order valence-electron chi connectivity index (χ4n) is 2.70. The minimum absolute atomic E-state index is 0.109. The third-order valence-electron chi connectivity index (χ3n) is 4.08. The maximum atomic E-state index is 9.06. The molecule has 0 aliphatic heterocycles. The second-order valence-corrected chi connectivity index (χ2v) is 5.92. The monoisotopic (exact) mass is 256 g/mol. The van der Waals surface area contributed by atoms with Gasteiger partial charge in [-0.05, 0) is 48.3 Å². The smallest absolute Gasteiger partial charge is 0.0671 e. The Balaban J connectivity index is 1.88.